The monoisotopic (exact) mass is 318 g/mol. The number of ketones is 1. The van der Waals surface area contributed by atoms with Gasteiger partial charge in [-0.3, -0.25) is 9.80 Å². The number of Topliss-reactive ketones (excluding diaryl/α,β-unsaturated/α-hetero) is 1. The van der Waals surface area contributed by atoms with E-state index in [0.29, 0.717) is 24.8 Å². The van der Waals surface area contributed by atoms with Crippen LogP contribution in [0.4, 0.5) is 0 Å². The third-order valence-electron chi connectivity index (χ3n) is 4.85. The van der Waals surface area contributed by atoms with Crippen LogP contribution in [0.15, 0.2) is 29.4 Å². The molecule has 0 saturated heterocycles. The first-order valence-corrected chi connectivity index (χ1v) is 8.66. The summed E-state index contributed by atoms with van der Waals surface area (Å²) in [6, 6.07) is 7.96. The first kappa shape index (κ1) is 15.5. The molecular weight excluding hydrogens is 296 g/mol. The van der Waals surface area contributed by atoms with Gasteiger partial charge in [0.1, 0.15) is 0 Å². The van der Waals surface area contributed by atoms with Crippen molar-refractivity contribution in [3.05, 3.63) is 34.9 Å². The molecule has 0 N–H and O–H groups in total. The van der Waals surface area contributed by atoms with Gasteiger partial charge >= 0.3 is 0 Å². The smallest absolute Gasteiger partial charge is 0.153 e. The Labute approximate surface area is 137 Å². The predicted octanol–water partition coefficient (Wildman–Crippen LogP) is 4.15. The molecule has 1 heterocycles. The molecule has 3 nitrogen and oxygen atoms in total. The van der Waals surface area contributed by atoms with Crippen LogP contribution in [0.5, 0.6) is 0 Å². The minimum atomic E-state index is 0.258. The first-order chi connectivity index (χ1) is 10.7. The van der Waals surface area contributed by atoms with Crippen molar-refractivity contribution in [2.75, 3.05) is 13.1 Å². The van der Waals surface area contributed by atoms with Crippen LogP contribution in [0.25, 0.3) is 0 Å². The van der Waals surface area contributed by atoms with E-state index >= 15 is 0 Å². The molecule has 1 aromatic carbocycles. The second-order valence-electron chi connectivity index (χ2n) is 6.38. The molecule has 1 fully saturated rings. The van der Waals surface area contributed by atoms with E-state index < -0.39 is 0 Å². The van der Waals surface area contributed by atoms with E-state index in [1.165, 1.54) is 25.7 Å². The topological polar surface area (TPSA) is 32.7 Å². The molecule has 3 rings (SSSR count). The van der Waals surface area contributed by atoms with Gasteiger partial charge in [0.05, 0.1) is 12.3 Å². The van der Waals surface area contributed by atoms with Crippen LogP contribution in [0.2, 0.25) is 5.02 Å². The van der Waals surface area contributed by atoms with Crippen LogP contribution in [-0.4, -0.2) is 29.6 Å². The molecule has 1 aliphatic carbocycles. The number of benzene rings is 1. The Bertz CT molecular complexity index is 567. The highest BCUT2D eigenvalue weighted by Crippen LogP contribution is 2.36. The van der Waals surface area contributed by atoms with Gasteiger partial charge in [0.15, 0.2) is 5.78 Å². The van der Waals surface area contributed by atoms with Gasteiger partial charge in [-0.2, -0.15) is 5.10 Å². The summed E-state index contributed by atoms with van der Waals surface area (Å²) in [7, 11) is 0. The van der Waals surface area contributed by atoms with Crippen LogP contribution in [0.1, 0.15) is 44.6 Å². The van der Waals surface area contributed by atoms with Crippen molar-refractivity contribution in [1.29, 1.82) is 0 Å². The van der Waals surface area contributed by atoms with Gasteiger partial charge in [0, 0.05) is 23.9 Å². The van der Waals surface area contributed by atoms with Crippen molar-refractivity contribution in [3.8, 4) is 0 Å². The Morgan fingerprint density at radius 2 is 2.00 bits per heavy atom. The summed E-state index contributed by atoms with van der Waals surface area (Å²) >= 11 is 6.01. The third-order valence-corrected chi connectivity index (χ3v) is 5.10. The van der Waals surface area contributed by atoms with E-state index in [1.807, 2.05) is 24.1 Å². The number of fused-ring (bicyclic) bond motifs is 1. The van der Waals surface area contributed by atoms with E-state index in [0.717, 1.165) is 22.8 Å². The molecule has 4 heteroatoms. The molecule has 0 aromatic heterocycles. The summed E-state index contributed by atoms with van der Waals surface area (Å²) < 4.78 is 0. The van der Waals surface area contributed by atoms with Gasteiger partial charge in [-0.1, -0.05) is 43.5 Å². The Hall–Kier alpha value is -1.35. The van der Waals surface area contributed by atoms with Crippen molar-refractivity contribution in [2.24, 2.45) is 16.9 Å². The summed E-state index contributed by atoms with van der Waals surface area (Å²) in [5.41, 5.74) is 2.30. The summed E-state index contributed by atoms with van der Waals surface area (Å²) in [5.74, 6) is 1.41. The molecule has 1 aliphatic heterocycles. The van der Waals surface area contributed by atoms with Crippen LogP contribution < -0.4 is 0 Å². The van der Waals surface area contributed by atoms with Crippen molar-refractivity contribution in [2.45, 2.75) is 39.0 Å². The number of carbonyl (C=O) groups excluding carboxylic acids is 1. The van der Waals surface area contributed by atoms with Crippen LogP contribution in [-0.2, 0) is 4.79 Å². The Morgan fingerprint density at radius 1 is 1.27 bits per heavy atom. The van der Waals surface area contributed by atoms with Crippen LogP contribution in [0, 0.1) is 11.8 Å². The fraction of sp³-hybridized carbons (Fsp3) is 0.556. The van der Waals surface area contributed by atoms with Gasteiger partial charge in [-0.25, -0.2) is 0 Å². The zero-order chi connectivity index (χ0) is 15.5. The SMILES string of the molecule is CCC(=O)CN1C[C@@H]2CCCC[C@@H]2C(c2ccc(Cl)cc2)=N1. The van der Waals surface area contributed by atoms with Gasteiger partial charge in [-0.05, 0) is 36.5 Å². The second kappa shape index (κ2) is 6.82. The molecule has 0 unspecified atom stereocenters. The number of rotatable bonds is 4. The van der Waals surface area contributed by atoms with Gasteiger partial charge < -0.3 is 0 Å². The first-order valence-electron chi connectivity index (χ1n) is 8.28. The molecule has 118 valence electrons. The minimum absolute atomic E-state index is 0.258. The maximum absolute atomic E-state index is 11.8. The van der Waals surface area contributed by atoms with Crippen LogP contribution in [0.3, 0.4) is 0 Å². The number of halogens is 1. The lowest BCUT2D eigenvalue weighted by molar-refractivity contribution is -0.120. The maximum atomic E-state index is 11.8. The molecule has 22 heavy (non-hydrogen) atoms. The number of carbonyl (C=O) groups is 1. The molecule has 2 atom stereocenters. The highest BCUT2D eigenvalue weighted by atomic mass is 35.5. The fourth-order valence-corrected chi connectivity index (χ4v) is 3.76. The molecule has 0 amide bonds. The molecular formula is C18H23ClN2O. The third kappa shape index (κ3) is 3.35. The standard InChI is InChI=1S/C18H23ClN2O/c1-2-16(22)12-21-11-14-5-3-4-6-17(14)18(20-21)13-7-9-15(19)10-8-13/h7-10,14,17H,2-6,11-12H2,1H3/t14-,17-/m0/s1. The van der Waals surface area contributed by atoms with E-state index in [9.17, 15) is 4.79 Å². The number of hydrazone groups is 1. The van der Waals surface area contributed by atoms with Gasteiger partial charge in [-0.15, -0.1) is 0 Å². The molecule has 0 bridgehead atoms. The molecule has 0 spiro atoms. The van der Waals surface area contributed by atoms with E-state index in [4.69, 9.17) is 16.7 Å². The zero-order valence-corrected chi connectivity index (χ0v) is 13.9. The lowest BCUT2D eigenvalue weighted by Crippen LogP contribution is -2.43. The summed E-state index contributed by atoms with van der Waals surface area (Å²) in [6.45, 7) is 3.28. The van der Waals surface area contributed by atoms with Crippen LogP contribution >= 0.6 is 11.6 Å². The van der Waals surface area contributed by atoms with E-state index in [-0.39, 0.29) is 5.78 Å². The van der Waals surface area contributed by atoms with Gasteiger partial charge in [0.2, 0.25) is 0 Å². The molecule has 0 radical (unpaired) electrons. The summed E-state index contributed by atoms with van der Waals surface area (Å²) in [5, 5.41) is 7.58. The Balaban J connectivity index is 1.90. The van der Waals surface area contributed by atoms with Crippen molar-refractivity contribution in [1.82, 2.24) is 5.01 Å². The Morgan fingerprint density at radius 3 is 2.73 bits per heavy atom. The van der Waals surface area contributed by atoms with Crippen molar-refractivity contribution in [3.63, 3.8) is 0 Å². The maximum Gasteiger partial charge on any atom is 0.153 e. The van der Waals surface area contributed by atoms with E-state index in [1.54, 1.807) is 0 Å². The average Bonchev–Trinajstić information content (AvgIpc) is 2.55. The minimum Gasteiger partial charge on any atom is -0.298 e. The fourth-order valence-electron chi connectivity index (χ4n) is 3.63. The largest absolute Gasteiger partial charge is 0.298 e. The van der Waals surface area contributed by atoms with Gasteiger partial charge in [0.25, 0.3) is 0 Å². The summed E-state index contributed by atoms with van der Waals surface area (Å²) in [4.78, 5) is 11.8. The molecule has 1 aromatic rings. The lowest BCUT2D eigenvalue weighted by Gasteiger charge is -2.40. The Kier molecular flexibility index (Phi) is 4.82. The summed E-state index contributed by atoms with van der Waals surface area (Å²) in [6.07, 6.45) is 5.61. The zero-order valence-electron chi connectivity index (χ0n) is 13.1. The second-order valence-corrected chi connectivity index (χ2v) is 6.82. The quantitative estimate of drug-likeness (QED) is 0.835. The highest BCUT2D eigenvalue weighted by molar-refractivity contribution is 6.30. The molecule has 2 aliphatic rings. The highest BCUT2D eigenvalue weighted by Gasteiger charge is 2.35. The number of hydrogen-bond acceptors (Lipinski definition) is 3. The molecule has 1 saturated carbocycles. The van der Waals surface area contributed by atoms with Crippen molar-refractivity contribution >= 4 is 23.1 Å². The number of nitrogens with zero attached hydrogens (tertiary/aromatic N) is 2. The lowest BCUT2D eigenvalue weighted by atomic mass is 9.74. The van der Waals surface area contributed by atoms with Crippen molar-refractivity contribution < 1.29 is 4.79 Å². The average molecular weight is 319 g/mol. The normalized spacial score (nSPS) is 24.6. The predicted molar refractivity (Wildman–Crippen MR) is 90.3 cm³/mol. The number of hydrogen-bond donors (Lipinski definition) is 0. The van der Waals surface area contributed by atoms with E-state index in [2.05, 4.69) is 12.1 Å².